The van der Waals surface area contributed by atoms with E-state index < -0.39 is 0 Å². The Balaban J connectivity index is 1.67. The van der Waals surface area contributed by atoms with Gasteiger partial charge in [0.15, 0.2) is 0 Å². The van der Waals surface area contributed by atoms with Gasteiger partial charge in [0.25, 0.3) is 5.95 Å². The lowest BCUT2D eigenvalue weighted by molar-refractivity contribution is 0.858. The molecule has 0 aliphatic rings. The molecular formula is C15H10Cl3N5. The van der Waals surface area contributed by atoms with E-state index in [0.717, 1.165) is 11.1 Å². The summed E-state index contributed by atoms with van der Waals surface area (Å²) in [6, 6.07) is 12.5. The van der Waals surface area contributed by atoms with Crippen LogP contribution < -0.4 is 5.32 Å². The fraction of sp³-hybridized carbons (Fsp3) is 0.0667. The zero-order valence-electron chi connectivity index (χ0n) is 11.7. The summed E-state index contributed by atoms with van der Waals surface area (Å²) in [7, 11) is 0. The molecule has 0 saturated carbocycles. The molecule has 3 aromatic rings. The minimum absolute atomic E-state index is 0.328. The normalized spacial score (nSPS) is 10.6. The molecule has 1 N–H and O–H groups in total. The molecule has 0 unspecified atom stereocenters. The Morgan fingerprint density at radius 1 is 0.783 bits per heavy atom. The molecule has 1 heterocycles. The first kappa shape index (κ1) is 15.9. The molecular weight excluding hydrogens is 357 g/mol. The molecule has 0 bridgehead atoms. The van der Waals surface area contributed by atoms with Crippen LogP contribution in [0, 0.1) is 0 Å². The first-order valence-corrected chi connectivity index (χ1v) is 7.76. The lowest BCUT2D eigenvalue weighted by Crippen LogP contribution is -2.07. The lowest BCUT2D eigenvalue weighted by atomic mass is 10.2. The maximum atomic E-state index is 5.97. The number of hydrogen-bond acceptors (Lipinski definition) is 5. The van der Waals surface area contributed by atoms with Crippen molar-refractivity contribution in [2.45, 2.75) is 6.54 Å². The maximum absolute atomic E-state index is 5.97. The van der Waals surface area contributed by atoms with Gasteiger partial charge in [-0.1, -0.05) is 40.9 Å². The first-order valence-electron chi connectivity index (χ1n) is 6.63. The van der Waals surface area contributed by atoms with Gasteiger partial charge in [-0.05, 0) is 42.0 Å². The van der Waals surface area contributed by atoms with Crippen LogP contribution in [0.1, 0.15) is 5.56 Å². The average molecular weight is 367 g/mol. The van der Waals surface area contributed by atoms with E-state index in [2.05, 4.69) is 25.7 Å². The van der Waals surface area contributed by atoms with Gasteiger partial charge in [0.05, 0.1) is 10.0 Å². The third-order valence-corrected chi connectivity index (χ3v) is 4.01. The number of halogens is 3. The van der Waals surface area contributed by atoms with E-state index in [-0.39, 0.29) is 0 Å². The van der Waals surface area contributed by atoms with Crippen molar-refractivity contribution >= 4 is 40.8 Å². The number of anilines is 1. The Hall–Kier alpha value is -1.95. The van der Waals surface area contributed by atoms with Gasteiger partial charge < -0.3 is 5.32 Å². The Kier molecular flexibility index (Phi) is 4.91. The van der Waals surface area contributed by atoms with E-state index in [1.54, 1.807) is 24.3 Å². The highest BCUT2D eigenvalue weighted by Crippen LogP contribution is 2.23. The van der Waals surface area contributed by atoms with Crippen LogP contribution in [0.4, 0.5) is 5.95 Å². The van der Waals surface area contributed by atoms with Crippen LogP contribution in [0.2, 0.25) is 15.1 Å². The van der Waals surface area contributed by atoms with E-state index in [4.69, 9.17) is 34.8 Å². The summed E-state index contributed by atoms with van der Waals surface area (Å²) < 4.78 is 0. The summed E-state index contributed by atoms with van der Waals surface area (Å²) in [5.74, 6) is 0.760. The Bertz CT molecular complexity index is 806. The summed E-state index contributed by atoms with van der Waals surface area (Å²) >= 11 is 17.7. The smallest absolute Gasteiger partial charge is 0.262 e. The predicted octanol–water partition coefficient (Wildman–Crippen LogP) is 4.51. The quantitative estimate of drug-likeness (QED) is 0.736. The van der Waals surface area contributed by atoms with Crippen LogP contribution in [0.25, 0.3) is 11.4 Å². The summed E-state index contributed by atoms with van der Waals surface area (Å²) in [4.78, 5) is 0. The average Bonchev–Trinajstić information content (AvgIpc) is 2.57. The molecule has 8 heteroatoms. The van der Waals surface area contributed by atoms with Gasteiger partial charge in [0, 0.05) is 17.1 Å². The highest BCUT2D eigenvalue weighted by Gasteiger charge is 2.05. The predicted molar refractivity (Wildman–Crippen MR) is 91.9 cm³/mol. The highest BCUT2D eigenvalue weighted by atomic mass is 35.5. The number of nitrogens with zero attached hydrogens (tertiary/aromatic N) is 4. The largest absolute Gasteiger partial charge is 0.348 e. The van der Waals surface area contributed by atoms with Crippen molar-refractivity contribution in [1.82, 2.24) is 20.4 Å². The second kappa shape index (κ2) is 7.08. The van der Waals surface area contributed by atoms with Crippen molar-refractivity contribution in [3.8, 4) is 11.4 Å². The van der Waals surface area contributed by atoms with E-state index in [1.165, 1.54) is 0 Å². The Morgan fingerprint density at radius 2 is 1.48 bits per heavy atom. The summed E-state index contributed by atoms with van der Waals surface area (Å²) in [6.07, 6.45) is 0. The Morgan fingerprint density at radius 3 is 2.13 bits per heavy atom. The van der Waals surface area contributed by atoms with Crippen molar-refractivity contribution in [3.05, 3.63) is 63.1 Å². The summed E-state index contributed by atoms with van der Waals surface area (Å²) in [5.41, 5.74) is 1.75. The van der Waals surface area contributed by atoms with Crippen molar-refractivity contribution in [2.75, 3.05) is 5.32 Å². The molecule has 0 radical (unpaired) electrons. The first-order chi connectivity index (χ1) is 11.1. The molecule has 3 rings (SSSR count). The summed E-state index contributed by atoms with van der Waals surface area (Å²) in [5, 5.41) is 20.8. The van der Waals surface area contributed by atoms with E-state index in [1.807, 2.05) is 18.2 Å². The lowest BCUT2D eigenvalue weighted by Gasteiger charge is -2.05. The van der Waals surface area contributed by atoms with Gasteiger partial charge in [0.2, 0.25) is 5.82 Å². The molecule has 0 aliphatic heterocycles. The second-order valence-electron chi connectivity index (χ2n) is 4.66. The maximum Gasteiger partial charge on any atom is 0.262 e. The molecule has 0 amide bonds. The van der Waals surface area contributed by atoms with E-state index in [9.17, 15) is 0 Å². The number of aromatic nitrogens is 4. The van der Waals surface area contributed by atoms with Gasteiger partial charge >= 0.3 is 0 Å². The number of nitrogens with one attached hydrogen (secondary N) is 1. The van der Waals surface area contributed by atoms with Crippen molar-refractivity contribution in [2.24, 2.45) is 0 Å². The SMILES string of the molecule is Clc1ccc(-c2nnc(NCc3ccc(Cl)c(Cl)c3)nn2)cc1. The number of rotatable bonds is 4. The molecule has 0 saturated heterocycles. The van der Waals surface area contributed by atoms with Crippen LogP contribution in [-0.2, 0) is 6.54 Å². The van der Waals surface area contributed by atoms with Crippen molar-refractivity contribution in [1.29, 1.82) is 0 Å². The van der Waals surface area contributed by atoms with E-state index >= 15 is 0 Å². The van der Waals surface area contributed by atoms with Gasteiger partial charge in [-0.3, -0.25) is 0 Å². The Labute approximate surface area is 147 Å². The third kappa shape index (κ3) is 4.07. The van der Waals surface area contributed by atoms with Gasteiger partial charge in [-0.15, -0.1) is 20.4 Å². The standard InChI is InChI=1S/C15H10Cl3N5/c16-11-4-2-10(3-5-11)14-20-22-15(23-21-14)19-8-9-1-6-12(17)13(18)7-9/h1-7H,8H2,(H,19,22,23). The van der Waals surface area contributed by atoms with Gasteiger partial charge in [-0.25, -0.2) is 0 Å². The van der Waals surface area contributed by atoms with Crippen molar-refractivity contribution in [3.63, 3.8) is 0 Å². The van der Waals surface area contributed by atoms with Gasteiger partial charge in [-0.2, -0.15) is 0 Å². The zero-order valence-corrected chi connectivity index (χ0v) is 13.9. The zero-order chi connectivity index (χ0) is 16.2. The number of hydrogen-bond donors (Lipinski definition) is 1. The van der Waals surface area contributed by atoms with Crippen LogP contribution in [0.3, 0.4) is 0 Å². The molecule has 0 fully saturated rings. The fourth-order valence-corrected chi connectivity index (χ4v) is 2.29. The van der Waals surface area contributed by atoms with E-state index in [0.29, 0.717) is 33.4 Å². The third-order valence-electron chi connectivity index (χ3n) is 3.02. The minimum atomic E-state index is 0.328. The molecule has 0 aliphatic carbocycles. The minimum Gasteiger partial charge on any atom is -0.348 e. The monoisotopic (exact) mass is 365 g/mol. The topological polar surface area (TPSA) is 63.6 Å². The molecule has 116 valence electrons. The van der Waals surface area contributed by atoms with Crippen LogP contribution in [-0.4, -0.2) is 20.4 Å². The summed E-state index contributed by atoms with van der Waals surface area (Å²) in [6.45, 7) is 0.487. The highest BCUT2D eigenvalue weighted by molar-refractivity contribution is 6.42. The molecule has 5 nitrogen and oxygen atoms in total. The van der Waals surface area contributed by atoms with Crippen LogP contribution >= 0.6 is 34.8 Å². The molecule has 0 atom stereocenters. The molecule has 1 aromatic heterocycles. The fourth-order valence-electron chi connectivity index (χ4n) is 1.85. The molecule has 0 spiro atoms. The van der Waals surface area contributed by atoms with Gasteiger partial charge in [0.1, 0.15) is 0 Å². The van der Waals surface area contributed by atoms with Crippen LogP contribution in [0.5, 0.6) is 0 Å². The van der Waals surface area contributed by atoms with Crippen molar-refractivity contribution < 1.29 is 0 Å². The number of benzene rings is 2. The molecule has 23 heavy (non-hydrogen) atoms. The molecule has 2 aromatic carbocycles. The second-order valence-corrected chi connectivity index (χ2v) is 5.91. The van der Waals surface area contributed by atoms with Crippen LogP contribution in [0.15, 0.2) is 42.5 Å².